The summed E-state index contributed by atoms with van der Waals surface area (Å²) in [6.07, 6.45) is 2.53. The van der Waals surface area contributed by atoms with Crippen molar-refractivity contribution >= 4 is 17.1 Å². The molecule has 0 aromatic carbocycles. The number of thiophene rings is 1. The Balaban J connectivity index is 1.93. The molecule has 0 atom stereocenters. The number of Topliss-reactive ketones (excluding diaryl/α,β-unsaturated/α-hetero) is 1. The van der Waals surface area contributed by atoms with Crippen molar-refractivity contribution in [3.63, 3.8) is 0 Å². The molecule has 0 unspecified atom stereocenters. The molecule has 0 spiro atoms. The molecule has 1 aliphatic rings. The molecule has 0 aliphatic heterocycles. The second-order valence-electron chi connectivity index (χ2n) is 3.92. The molecule has 2 rings (SSSR count). The lowest BCUT2D eigenvalue weighted by Gasteiger charge is -2.19. The molecule has 0 saturated heterocycles. The Morgan fingerprint density at radius 1 is 1.64 bits per heavy atom. The van der Waals surface area contributed by atoms with E-state index in [0.29, 0.717) is 12.6 Å². The number of hydrogen-bond acceptors (Lipinski definition) is 3. The molecule has 0 bridgehead atoms. The van der Waals surface area contributed by atoms with E-state index in [4.69, 9.17) is 0 Å². The molecule has 1 aliphatic carbocycles. The quantitative estimate of drug-likeness (QED) is 0.741. The summed E-state index contributed by atoms with van der Waals surface area (Å²) in [6, 6.07) is 4.87. The Kier molecular flexibility index (Phi) is 2.99. The molecular weight excluding hydrogens is 194 g/mol. The molecule has 1 saturated carbocycles. The smallest absolute Gasteiger partial charge is 0.143 e. The van der Waals surface area contributed by atoms with Crippen molar-refractivity contribution in [3.8, 4) is 0 Å². The maximum absolute atomic E-state index is 11.1. The zero-order valence-electron chi connectivity index (χ0n) is 8.40. The summed E-state index contributed by atoms with van der Waals surface area (Å²) in [4.78, 5) is 14.7. The first-order chi connectivity index (χ1) is 6.75. The van der Waals surface area contributed by atoms with E-state index in [0.717, 1.165) is 6.54 Å². The topological polar surface area (TPSA) is 20.3 Å². The summed E-state index contributed by atoms with van der Waals surface area (Å²) in [7, 11) is 0. The van der Waals surface area contributed by atoms with Crippen LogP contribution in [0.5, 0.6) is 0 Å². The maximum Gasteiger partial charge on any atom is 0.143 e. The molecule has 14 heavy (non-hydrogen) atoms. The van der Waals surface area contributed by atoms with Gasteiger partial charge in [0.25, 0.3) is 0 Å². The zero-order valence-corrected chi connectivity index (χ0v) is 9.22. The highest BCUT2D eigenvalue weighted by Gasteiger charge is 2.29. The van der Waals surface area contributed by atoms with E-state index in [2.05, 4.69) is 22.4 Å². The highest BCUT2D eigenvalue weighted by molar-refractivity contribution is 7.09. The second-order valence-corrected chi connectivity index (χ2v) is 4.95. The zero-order chi connectivity index (χ0) is 9.97. The van der Waals surface area contributed by atoms with Gasteiger partial charge >= 0.3 is 0 Å². The SMILES string of the molecule is CC(=O)CN(Cc1cccs1)C1CC1. The van der Waals surface area contributed by atoms with Crippen LogP contribution in [0.4, 0.5) is 0 Å². The van der Waals surface area contributed by atoms with Gasteiger partial charge in [-0.05, 0) is 31.2 Å². The van der Waals surface area contributed by atoms with Gasteiger partial charge in [0.1, 0.15) is 5.78 Å². The Hall–Kier alpha value is -0.670. The van der Waals surface area contributed by atoms with Crippen LogP contribution < -0.4 is 0 Å². The third-order valence-corrected chi connectivity index (χ3v) is 3.29. The molecule has 1 aromatic rings. The summed E-state index contributed by atoms with van der Waals surface area (Å²) in [5, 5.41) is 2.09. The highest BCUT2D eigenvalue weighted by Crippen LogP contribution is 2.28. The number of nitrogens with zero attached hydrogens (tertiary/aromatic N) is 1. The van der Waals surface area contributed by atoms with Gasteiger partial charge in [-0.15, -0.1) is 11.3 Å². The van der Waals surface area contributed by atoms with E-state index in [1.807, 2.05) is 0 Å². The predicted molar refractivity (Wildman–Crippen MR) is 58.4 cm³/mol. The van der Waals surface area contributed by atoms with Gasteiger partial charge in [0, 0.05) is 17.5 Å². The molecule has 1 aromatic heterocycles. The van der Waals surface area contributed by atoms with Gasteiger partial charge in [-0.25, -0.2) is 0 Å². The average Bonchev–Trinajstić information content (AvgIpc) is 2.85. The van der Waals surface area contributed by atoms with Crippen LogP contribution in [-0.2, 0) is 11.3 Å². The van der Waals surface area contributed by atoms with Gasteiger partial charge in [0.15, 0.2) is 0 Å². The first-order valence-electron chi connectivity index (χ1n) is 5.01. The van der Waals surface area contributed by atoms with Crippen molar-refractivity contribution in [3.05, 3.63) is 22.4 Å². The summed E-state index contributed by atoms with van der Waals surface area (Å²) in [5.41, 5.74) is 0. The molecule has 1 heterocycles. The highest BCUT2D eigenvalue weighted by atomic mass is 32.1. The fraction of sp³-hybridized carbons (Fsp3) is 0.545. The normalized spacial score (nSPS) is 16.1. The second kappa shape index (κ2) is 4.24. The molecule has 76 valence electrons. The minimum Gasteiger partial charge on any atom is -0.299 e. The monoisotopic (exact) mass is 209 g/mol. The van der Waals surface area contributed by atoms with Crippen LogP contribution in [0.3, 0.4) is 0 Å². The van der Waals surface area contributed by atoms with Crippen LogP contribution in [0.25, 0.3) is 0 Å². The summed E-state index contributed by atoms with van der Waals surface area (Å²) < 4.78 is 0. The van der Waals surface area contributed by atoms with E-state index in [1.165, 1.54) is 17.7 Å². The van der Waals surface area contributed by atoms with Crippen molar-refractivity contribution in [1.82, 2.24) is 4.90 Å². The lowest BCUT2D eigenvalue weighted by molar-refractivity contribution is -0.118. The van der Waals surface area contributed by atoms with E-state index < -0.39 is 0 Å². The Bertz CT molecular complexity index is 303. The van der Waals surface area contributed by atoms with Crippen molar-refractivity contribution in [2.75, 3.05) is 6.54 Å². The van der Waals surface area contributed by atoms with Crippen LogP contribution in [-0.4, -0.2) is 23.3 Å². The van der Waals surface area contributed by atoms with Crippen LogP contribution in [0.15, 0.2) is 17.5 Å². The first kappa shape index (κ1) is 9.87. The van der Waals surface area contributed by atoms with Crippen LogP contribution in [0.1, 0.15) is 24.6 Å². The predicted octanol–water partition coefficient (Wildman–Crippen LogP) is 2.30. The van der Waals surface area contributed by atoms with Crippen LogP contribution >= 0.6 is 11.3 Å². The largest absolute Gasteiger partial charge is 0.299 e. The van der Waals surface area contributed by atoms with Gasteiger partial charge in [0.2, 0.25) is 0 Å². The Labute approximate surface area is 88.5 Å². The fourth-order valence-electron chi connectivity index (χ4n) is 1.64. The molecular formula is C11H15NOS. The minimum absolute atomic E-state index is 0.272. The molecule has 3 heteroatoms. The lowest BCUT2D eigenvalue weighted by Crippen LogP contribution is -2.30. The van der Waals surface area contributed by atoms with Gasteiger partial charge in [-0.1, -0.05) is 6.07 Å². The fourth-order valence-corrected chi connectivity index (χ4v) is 2.37. The van der Waals surface area contributed by atoms with Crippen LogP contribution in [0, 0.1) is 0 Å². The van der Waals surface area contributed by atoms with Crippen molar-refractivity contribution in [1.29, 1.82) is 0 Å². The summed E-state index contributed by atoms with van der Waals surface area (Å²) >= 11 is 1.77. The van der Waals surface area contributed by atoms with Crippen LogP contribution in [0.2, 0.25) is 0 Å². The number of ketones is 1. The van der Waals surface area contributed by atoms with Gasteiger partial charge in [-0.3, -0.25) is 9.69 Å². The van der Waals surface area contributed by atoms with Gasteiger partial charge in [0.05, 0.1) is 6.54 Å². The van der Waals surface area contributed by atoms with E-state index in [1.54, 1.807) is 18.3 Å². The van der Waals surface area contributed by atoms with Crippen molar-refractivity contribution in [2.45, 2.75) is 32.4 Å². The number of carbonyl (C=O) groups excluding carboxylic acids is 1. The Morgan fingerprint density at radius 3 is 2.93 bits per heavy atom. The van der Waals surface area contributed by atoms with Gasteiger partial charge < -0.3 is 0 Å². The van der Waals surface area contributed by atoms with Gasteiger partial charge in [-0.2, -0.15) is 0 Å². The summed E-state index contributed by atoms with van der Waals surface area (Å²) in [6.45, 7) is 3.23. The molecule has 0 amide bonds. The van der Waals surface area contributed by atoms with E-state index in [-0.39, 0.29) is 5.78 Å². The van der Waals surface area contributed by atoms with E-state index in [9.17, 15) is 4.79 Å². The van der Waals surface area contributed by atoms with E-state index >= 15 is 0 Å². The van der Waals surface area contributed by atoms with Crippen molar-refractivity contribution < 1.29 is 4.79 Å². The first-order valence-corrected chi connectivity index (χ1v) is 5.89. The van der Waals surface area contributed by atoms with Crippen molar-refractivity contribution in [2.24, 2.45) is 0 Å². The minimum atomic E-state index is 0.272. The lowest BCUT2D eigenvalue weighted by atomic mass is 10.3. The number of hydrogen-bond donors (Lipinski definition) is 0. The summed E-state index contributed by atoms with van der Waals surface area (Å²) in [5.74, 6) is 0.272. The maximum atomic E-state index is 11.1. The number of rotatable bonds is 5. The molecule has 0 N–H and O–H groups in total. The Morgan fingerprint density at radius 2 is 2.43 bits per heavy atom. The average molecular weight is 209 g/mol. The molecule has 0 radical (unpaired) electrons. The standard InChI is InChI=1S/C11H15NOS/c1-9(13)7-12(10-4-5-10)8-11-3-2-6-14-11/h2-3,6,10H,4-5,7-8H2,1H3. The third kappa shape index (κ3) is 2.66. The molecule has 2 nitrogen and oxygen atoms in total. The molecule has 1 fully saturated rings. The third-order valence-electron chi connectivity index (χ3n) is 2.43. The number of carbonyl (C=O) groups is 1.